The number of hydrogen-bond acceptors (Lipinski definition) is 3. The average Bonchev–Trinajstić information content (AvgIpc) is 2.34. The molecule has 0 bridgehead atoms. The average molecular weight is 314 g/mol. The van der Waals surface area contributed by atoms with Crippen molar-refractivity contribution in [3.8, 4) is 5.75 Å². The van der Waals surface area contributed by atoms with Gasteiger partial charge in [0.05, 0.1) is 11.6 Å². The number of rotatable bonds is 7. The number of nitrogens with zero attached hydrogens (tertiary/aromatic N) is 1. The van der Waals surface area contributed by atoms with Gasteiger partial charge in [-0.1, -0.05) is 6.07 Å². The third-order valence-electron chi connectivity index (χ3n) is 2.84. The van der Waals surface area contributed by atoms with Crippen molar-refractivity contribution in [3.63, 3.8) is 0 Å². The second kappa shape index (κ2) is 7.54. The van der Waals surface area contributed by atoms with Crippen molar-refractivity contribution in [2.24, 2.45) is 0 Å². The minimum Gasteiger partial charge on any atom is -0.496 e. The van der Waals surface area contributed by atoms with Gasteiger partial charge in [-0.25, -0.2) is 0 Å². The Morgan fingerprint density at radius 1 is 1.39 bits per heavy atom. The fourth-order valence-electron chi connectivity index (χ4n) is 1.65. The zero-order valence-corrected chi connectivity index (χ0v) is 12.8. The molecule has 1 rings (SSSR count). The highest BCUT2D eigenvalue weighted by Gasteiger charge is 2.04. The summed E-state index contributed by atoms with van der Waals surface area (Å²) < 4.78 is 6.18. The third kappa shape index (κ3) is 5.19. The summed E-state index contributed by atoms with van der Waals surface area (Å²) in [5.41, 5.74) is 1.26. The number of methoxy groups -OCH3 is 1. The van der Waals surface area contributed by atoms with E-state index in [1.165, 1.54) is 5.56 Å². The molecule has 0 aliphatic carbocycles. The van der Waals surface area contributed by atoms with Crippen LogP contribution in [0, 0.1) is 0 Å². The molecule has 0 saturated carbocycles. The van der Waals surface area contributed by atoms with Crippen LogP contribution in [-0.4, -0.2) is 37.9 Å². The first-order valence-electron chi connectivity index (χ1n) is 6.03. The minimum absolute atomic E-state index is 0.244. The molecule has 1 aromatic rings. The Kier molecular flexibility index (Phi) is 6.36. The maximum atomic E-state index is 10.9. The summed E-state index contributed by atoms with van der Waals surface area (Å²) in [6.45, 7) is 3.41. The van der Waals surface area contributed by atoms with E-state index in [-0.39, 0.29) is 5.78 Å². The molecule has 4 heteroatoms. The second-order valence-corrected chi connectivity index (χ2v) is 5.33. The molecule has 0 radical (unpaired) electrons. The standard InChI is InChI=1S/C14H20BrNO2/c1-11(17)6-8-16(2)9-7-12-4-5-14(18-3)13(15)10-12/h4-5,10H,6-9H2,1-3H3. The number of ketones is 1. The Labute approximate surface area is 117 Å². The van der Waals surface area contributed by atoms with Crippen LogP contribution in [0.25, 0.3) is 0 Å². The van der Waals surface area contributed by atoms with E-state index in [9.17, 15) is 4.79 Å². The fraction of sp³-hybridized carbons (Fsp3) is 0.500. The highest BCUT2D eigenvalue weighted by molar-refractivity contribution is 9.10. The molecule has 0 spiro atoms. The number of carbonyl (C=O) groups is 1. The van der Waals surface area contributed by atoms with Crippen molar-refractivity contribution in [3.05, 3.63) is 28.2 Å². The van der Waals surface area contributed by atoms with Gasteiger partial charge in [0.25, 0.3) is 0 Å². The normalized spacial score (nSPS) is 10.7. The molecule has 0 fully saturated rings. The fourth-order valence-corrected chi connectivity index (χ4v) is 2.23. The second-order valence-electron chi connectivity index (χ2n) is 4.47. The molecule has 0 aliphatic heterocycles. The number of benzene rings is 1. The van der Waals surface area contributed by atoms with Gasteiger partial charge in [-0.05, 0) is 54.0 Å². The molecule has 0 aliphatic rings. The van der Waals surface area contributed by atoms with Crippen LogP contribution in [0.15, 0.2) is 22.7 Å². The summed E-state index contributed by atoms with van der Waals surface area (Å²) in [6, 6.07) is 6.12. The number of hydrogen-bond donors (Lipinski definition) is 0. The number of Topliss-reactive ketones (excluding diaryl/α,β-unsaturated/α-hetero) is 1. The molecular weight excluding hydrogens is 294 g/mol. The maximum absolute atomic E-state index is 10.9. The van der Waals surface area contributed by atoms with E-state index in [2.05, 4.69) is 33.0 Å². The van der Waals surface area contributed by atoms with Crippen molar-refractivity contribution in [2.45, 2.75) is 19.8 Å². The van der Waals surface area contributed by atoms with Gasteiger partial charge in [0, 0.05) is 19.5 Å². The lowest BCUT2D eigenvalue weighted by atomic mass is 10.1. The summed E-state index contributed by atoms with van der Waals surface area (Å²) in [5.74, 6) is 1.10. The Morgan fingerprint density at radius 3 is 2.67 bits per heavy atom. The molecule has 0 amide bonds. The van der Waals surface area contributed by atoms with Gasteiger partial charge in [0.2, 0.25) is 0 Å². The van der Waals surface area contributed by atoms with Crippen molar-refractivity contribution in [1.82, 2.24) is 4.90 Å². The summed E-state index contributed by atoms with van der Waals surface area (Å²) >= 11 is 3.48. The van der Waals surface area contributed by atoms with E-state index in [1.807, 2.05) is 13.1 Å². The first kappa shape index (κ1) is 15.2. The lowest BCUT2D eigenvalue weighted by Gasteiger charge is -2.15. The highest BCUT2D eigenvalue weighted by Crippen LogP contribution is 2.25. The van der Waals surface area contributed by atoms with E-state index in [0.29, 0.717) is 6.42 Å². The van der Waals surface area contributed by atoms with Crippen LogP contribution in [0.4, 0.5) is 0 Å². The largest absolute Gasteiger partial charge is 0.496 e. The topological polar surface area (TPSA) is 29.5 Å². The molecule has 0 heterocycles. The van der Waals surface area contributed by atoms with Crippen LogP contribution >= 0.6 is 15.9 Å². The van der Waals surface area contributed by atoms with Crippen LogP contribution in [0.2, 0.25) is 0 Å². The molecule has 0 unspecified atom stereocenters. The van der Waals surface area contributed by atoms with Gasteiger partial charge in [-0.3, -0.25) is 4.79 Å². The molecular formula is C14H20BrNO2. The minimum atomic E-state index is 0.244. The predicted octanol–water partition coefficient (Wildman–Crippen LogP) is 2.91. The molecule has 100 valence electrons. The maximum Gasteiger partial charge on any atom is 0.133 e. The number of likely N-dealkylation sites (N-methyl/N-ethyl adjacent to an activating group) is 1. The first-order chi connectivity index (χ1) is 8.52. The predicted molar refractivity (Wildman–Crippen MR) is 77.2 cm³/mol. The molecule has 18 heavy (non-hydrogen) atoms. The third-order valence-corrected chi connectivity index (χ3v) is 3.46. The van der Waals surface area contributed by atoms with E-state index in [0.717, 1.165) is 29.7 Å². The molecule has 3 nitrogen and oxygen atoms in total. The number of halogens is 1. The van der Waals surface area contributed by atoms with E-state index in [1.54, 1.807) is 14.0 Å². The Morgan fingerprint density at radius 2 is 2.11 bits per heavy atom. The Balaban J connectivity index is 2.43. The Bertz CT molecular complexity index is 407. The summed E-state index contributed by atoms with van der Waals surface area (Å²) in [6.07, 6.45) is 1.60. The molecule has 0 saturated heterocycles. The Hall–Kier alpha value is -0.870. The monoisotopic (exact) mass is 313 g/mol. The van der Waals surface area contributed by atoms with Crippen LogP contribution in [-0.2, 0) is 11.2 Å². The smallest absolute Gasteiger partial charge is 0.133 e. The first-order valence-corrected chi connectivity index (χ1v) is 6.82. The number of carbonyl (C=O) groups excluding carboxylic acids is 1. The molecule has 0 N–H and O–H groups in total. The van der Waals surface area contributed by atoms with E-state index in [4.69, 9.17) is 4.74 Å². The molecule has 1 aromatic carbocycles. The van der Waals surface area contributed by atoms with Gasteiger partial charge in [0.15, 0.2) is 0 Å². The summed E-state index contributed by atoms with van der Waals surface area (Å²) in [4.78, 5) is 13.1. The van der Waals surface area contributed by atoms with Crippen molar-refractivity contribution in [1.29, 1.82) is 0 Å². The summed E-state index contributed by atoms with van der Waals surface area (Å²) in [5, 5.41) is 0. The lowest BCUT2D eigenvalue weighted by molar-refractivity contribution is -0.117. The van der Waals surface area contributed by atoms with Crippen LogP contribution in [0.5, 0.6) is 5.75 Å². The van der Waals surface area contributed by atoms with Crippen LogP contribution in [0.3, 0.4) is 0 Å². The zero-order chi connectivity index (χ0) is 13.5. The lowest BCUT2D eigenvalue weighted by Crippen LogP contribution is -2.23. The van der Waals surface area contributed by atoms with Crippen molar-refractivity contribution < 1.29 is 9.53 Å². The molecule has 0 atom stereocenters. The van der Waals surface area contributed by atoms with Crippen LogP contribution < -0.4 is 4.74 Å². The summed E-state index contributed by atoms with van der Waals surface area (Å²) in [7, 11) is 3.71. The van der Waals surface area contributed by atoms with Gasteiger partial charge < -0.3 is 9.64 Å². The van der Waals surface area contributed by atoms with E-state index < -0.39 is 0 Å². The van der Waals surface area contributed by atoms with Crippen LogP contribution in [0.1, 0.15) is 18.9 Å². The van der Waals surface area contributed by atoms with Gasteiger partial charge in [-0.15, -0.1) is 0 Å². The van der Waals surface area contributed by atoms with Crippen molar-refractivity contribution >= 4 is 21.7 Å². The quantitative estimate of drug-likeness (QED) is 0.775. The van der Waals surface area contributed by atoms with E-state index >= 15 is 0 Å². The highest BCUT2D eigenvalue weighted by atomic mass is 79.9. The molecule has 0 aromatic heterocycles. The van der Waals surface area contributed by atoms with Gasteiger partial charge in [-0.2, -0.15) is 0 Å². The van der Waals surface area contributed by atoms with Crippen molar-refractivity contribution in [2.75, 3.05) is 27.2 Å². The van der Waals surface area contributed by atoms with Gasteiger partial charge in [0.1, 0.15) is 11.5 Å². The van der Waals surface area contributed by atoms with Gasteiger partial charge >= 0.3 is 0 Å². The zero-order valence-electron chi connectivity index (χ0n) is 11.2. The SMILES string of the molecule is COc1ccc(CCN(C)CCC(C)=O)cc1Br. The number of ether oxygens (including phenoxy) is 1.